The minimum atomic E-state index is 0.132. The fourth-order valence-electron chi connectivity index (χ4n) is 1.32. The van der Waals surface area contributed by atoms with E-state index in [1.165, 1.54) is 0 Å². The van der Waals surface area contributed by atoms with Crippen LogP contribution in [-0.4, -0.2) is 22.4 Å². The summed E-state index contributed by atoms with van der Waals surface area (Å²) in [6.07, 6.45) is 6.12. The van der Waals surface area contributed by atoms with Crippen molar-refractivity contribution in [1.29, 1.82) is 0 Å². The fourth-order valence-corrected chi connectivity index (χ4v) is 1.32. The molecule has 0 atom stereocenters. The van der Waals surface area contributed by atoms with Crippen LogP contribution < -0.4 is 5.32 Å². The molecule has 0 aliphatic rings. The molecule has 1 amide bonds. The van der Waals surface area contributed by atoms with Crippen molar-refractivity contribution in [2.45, 2.75) is 39.5 Å². The number of carbonyl (C=O) groups is 1. The zero-order valence-corrected chi connectivity index (χ0v) is 9.39. The van der Waals surface area contributed by atoms with Crippen LogP contribution in [0.15, 0.2) is 0 Å². The van der Waals surface area contributed by atoms with Crippen LogP contribution in [0.2, 0.25) is 0 Å². The van der Waals surface area contributed by atoms with E-state index in [0.717, 1.165) is 37.3 Å². The van der Waals surface area contributed by atoms with E-state index in [2.05, 4.69) is 21.5 Å². The molecule has 0 aliphatic carbocycles. The Morgan fingerprint density at radius 1 is 1.60 bits per heavy atom. The van der Waals surface area contributed by atoms with Gasteiger partial charge in [0.05, 0.1) is 0 Å². The van der Waals surface area contributed by atoms with Gasteiger partial charge in [0.25, 0.3) is 0 Å². The average Bonchev–Trinajstić information content (AvgIpc) is 2.61. The molecule has 0 unspecified atom stereocenters. The van der Waals surface area contributed by atoms with Gasteiger partial charge in [0.2, 0.25) is 5.91 Å². The van der Waals surface area contributed by atoms with Gasteiger partial charge in [-0.05, 0) is 26.2 Å². The Morgan fingerprint density at radius 2 is 2.40 bits per heavy atom. The fraction of sp³-hybridized carbons (Fsp3) is 0.636. The average molecular weight is 208 g/mol. The predicted octanol–water partition coefficient (Wildman–Crippen LogP) is 1.37. The lowest BCUT2D eigenvalue weighted by Crippen LogP contribution is -2.23. The van der Waals surface area contributed by atoms with Crippen LogP contribution >= 0.6 is 0 Å². The number of rotatable bonds is 6. The number of nitrogens with zero attached hydrogens (tertiary/aromatic N) is 1. The lowest BCUT2D eigenvalue weighted by Gasteiger charge is -2.02. The molecule has 1 rings (SSSR count). The summed E-state index contributed by atoms with van der Waals surface area (Å²) in [5.41, 5.74) is 0.982. The summed E-state index contributed by atoms with van der Waals surface area (Å²) >= 11 is 0. The predicted molar refractivity (Wildman–Crippen MR) is 58.4 cm³/mol. The molecule has 1 aromatic heterocycles. The third-order valence-electron chi connectivity index (χ3n) is 2.09. The van der Waals surface area contributed by atoms with Crippen LogP contribution in [0.3, 0.4) is 0 Å². The van der Waals surface area contributed by atoms with Gasteiger partial charge in [-0.1, -0.05) is 6.92 Å². The van der Waals surface area contributed by atoms with E-state index in [4.69, 9.17) is 0 Å². The number of hydrogen-bond acceptors (Lipinski definition) is 2. The topological polar surface area (TPSA) is 57.8 Å². The second kappa shape index (κ2) is 6.22. The molecular weight excluding hydrogens is 190 g/mol. The Labute approximate surface area is 90.5 Å². The van der Waals surface area contributed by atoms with Crippen LogP contribution in [0.25, 0.3) is 0 Å². The number of aromatic amines is 1. The third kappa shape index (κ3) is 4.63. The molecule has 0 aliphatic heterocycles. The first kappa shape index (κ1) is 11.8. The molecular formula is C11H18N3O. The first-order valence-electron chi connectivity index (χ1n) is 5.42. The molecule has 0 bridgehead atoms. The Bertz CT molecular complexity index is 307. The second-order valence-electron chi connectivity index (χ2n) is 3.62. The summed E-state index contributed by atoms with van der Waals surface area (Å²) in [6.45, 7) is 4.71. The van der Waals surface area contributed by atoms with Crippen LogP contribution in [0, 0.1) is 13.1 Å². The maximum Gasteiger partial charge on any atom is 0.220 e. The van der Waals surface area contributed by atoms with Crippen LogP contribution in [0.4, 0.5) is 0 Å². The molecule has 15 heavy (non-hydrogen) atoms. The molecule has 0 saturated heterocycles. The Morgan fingerprint density at radius 3 is 3.00 bits per heavy atom. The number of hydrogen-bond donors (Lipinski definition) is 2. The molecule has 2 N–H and O–H groups in total. The summed E-state index contributed by atoms with van der Waals surface area (Å²) in [4.78, 5) is 18.3. The van der Waals surface area contributed by atoms with Crippen LogP contribution in [0.1, 0.15) is 37.7 Å². The van der Waals surface area contributed by atoms with Gasteiger partial charge in [0.15, 0.2) is 0 Å². The lowest BCUT2D eigenvalue weighted by atomic mass is 10.2. The van der Waals surface area contributed by atoms with Gasteiger partial charge in [0.1, 0.15) is 12.0 Å². The minimum absolute atomic E-state index is 0.132. The van der Waals surface area contributed by atoms with Gasteiger partial charge in [-0.3, -0.25) is 4.79 Å². The summed E-state index contributed by atoms with van der Waals surface area (Å²) < 4.78 is 0. The molecule has 0 fully saturated rings. The van der Waals surface area contributed by atoms with Gasteiger partial charge in [-0.2, -0.15) is 0 Å². The van der Waals surface area contributed by atoms with Gasteiger partial charge in [-0.15, -0.1) is 0 Å². The van der Waals surface area contributed by atoms with Crippen molar-refractivity contribution in [2.75, 3.05) is 6.54 Å². The van der Waals surface area contributed by atoms with Crippen molar-refractivity contribution in [3.05, 3.63) is 17.7 Å². The normalized spacial score (nSPS) is 10.3. The molecule has 4 heteroatoms. The molecule has 0 aromatic carbocycles. The number of aryl methyl sites for hydroxylation is 2. The molecule has 1 heterocycles. The summed E-state index contributed by atoms with van der Waals surface area (Å²) in [5.74, 6) is 1.01. The van der Waals surface area contributed by atoms with Crippen molar-refractivity contribution >= 4 is 5.91 Å². The Balaban J connectivity index is 2.13. The van der Waals surface area contributed by atoms with E-state index < -0.39 is 0 Å². The van der Waals surface area contributed by atoms with Gasteiger partial charge < -0.3 is 10.3 Å². The highest BCUT2D eigenvalue weighted by Gasteiger charge is 2.02. The SMILES string of the molecule is CCCNC(=O)CCCc1[c]nc(C)[nH]1. The van der Waals surface area contributed by atoms with E-state index in [9.17, 15) is 4.79 Å². The molecule has 1 aromatic rings. The lowest BCUT2D eigenvalue weighted by molar-refractivity contribution is -0.121. The first-order chi connectivity index (χ1) is 7.22. The van der Waals surface area contributed by atoms with Crippen LogP contribution in [0.5, 0.6) is 0 Å². The van der Waals surface area contributed by atoms with E-state index in [1.807, 2.05) is 13.8 Å². The maximum atomic E-state index is 11.3. The highest BCUT2D eigenvalue weighted by Crippen LogP contribution is 2.01. The number of imidazole rings is 1. The van der Waals surface area contributed by atoms with E-state index in [1.54, 1.807) is 0 Å². The Kier molecular flexibility index (Phi) is 4.87. The van der Waals surface area contributed by atoms with E-state index >= 15 is 0 Å². The van der Waals surface area contributed by atoms with Crippen LogP contribution in [-0.2, 0) is 11.2 Å². The van der Waals surface area contributed by atoms with E-state index in [-0.39, 0.29) is 5.91 Å². The smallest absolute Gasteiger partial charge is 0.220 e. The zero-order valence-electron chi connectivity index (χ0n) is 9.39. The monoisotopic (exact) mass is 208 g/mol. The quantitative estimate of drug-likeness (QED) is 0.741. The highest BCUT2D eigenvalue weighted by atomic mass is 16.1. The number of carbonyl (C=O) groups excluding carboxylic acids is 1. The zero-order chi connectivity index (χ0) is 11.1. The standard InChI is InChI=1S/C11H18N3O/c1-3-7-12-11(15)6-4-5-10-8-13-9(2)14-10/h3-7H2,1-2H3,(H,12,15)(H,13,14). The molecule has 0 spiro atoms. The molecule has 83 valence electrons. The number of nitrogens with one attached hydrogen (secondary N) is 2. The summed E-state index contributed by atoms with van der Waals surface area (Å²) in [7, 11) is 0. The largest absolute Gasteiger partial charge is 0.356 e. The van der Waals surface area contributed by atoms with E-state index in [0.29, 0.717) is 6.42 Å². The van der Waals surface area contributed by atoms with Crippen molar-refractivity contribution in [1.82, 2.24) is 15.3 Å². The second-order valence-corrected chi connectivity index (χ2v) is 3.62. The minimum Gasteiger partial charge on any atom is -0.356 e. The summed E-state index contributed by atoms with van der Waals surface area (Å²) in [5, 5.41) is 2.85. The highest BCUT2D eigenvalue weighted by molar-refractivity contribution is 5.75. The van der Waals surface area contributed by atoms with Gasteiger partial charge >= 0.3 is 0 Å². The number of amides is 1. The molecule has 4 nitrogen and oxygen atoms in total. The molecule has 1 radical (unpaired) electrons. The van der Waals surface area contributed by atoms with Gasteiger partial charge in [0, 0.05) is 18.7 Å². The summed E-state index contributed by atoms with van der Waals surface area (Å²) in [6, 6.07) is 0. The first-order valence-corrected chi connectivity index (χ1v) is 5.42. The Hall–Kier alpha value is -1.32. The molecule has 0 saturated carbocycles. The third-order valence-corrected chi connectivity index (χ3v) is 2.09. The number of H-pyrrole nitrogens is 1. The maximum absolute atomic E-state index is 11.3. The van der Waals surface area contributed by atoms with Crippen molar-refractivity contribution in [3.63, 3.8) is 0 Å². The van der Waals surface area contributed by atoms with Gasteiger partial charge in [-0.25, -0.2) is 4.98 Å². The number of aromatic nitrogens is 2. The van der Waals surface area contributed by atoms with Crippen molar-refractivity contribution in [3.8, 4) is 0 Å². The van der Waals surface area contributed by atoms with Crippen molar-refractivity contribution < 1.29 is 4.79 Å². The van der Waals surface area contributed by atoms with Crippen molar-refractivity contribution in [2.24, 2.45) is 0 Å².